The number of nitrogens with zero attached hydrogens (tertiary/aromatic N) is 1. The number of carbonyl (C=O) groups excluding carboxylic acids is 2. The van der Waals surface area contributed by atoms with Crippen LogP contribution in [-0.2, 0) is 4.79 Å². The third-order valence-electron chi connectivity index (χ3n) is 2.49. The van der Waals surface area contributed by atoms with Gasteiger partial charge in [-0.05, 0) is 12.1 Å². The normalized spacial score (nSPS) is 13.9. The Hall–Kier alpha value is -2.10. The van der Waals surface area contributed by atoms with Crippen molar-refractivity contribution in [3.63, 3.8) is 0 Å². The molecule has 1 heterocycles. The van der Waals surface area contributed by atoms with E-state index < -0.39 is 11.7 Å². The van der Waals surface area contributed by atoms with E-state index in [0.717, 1.165) is 0 Å². The molecule has 82 valence electrons. The molecular weight excluding hydrogens is 206 g/mol. The zero-order chi connectivity index (χ0) is 11.7. The second-order valence-corrected chi connectivity index (χ2v) is 3.42. The van der Waals surface area contributed by atoms with Crippen molar-refractivity contribution in [3.05, 3.63) is 36.4 Å². The van der Waals surface area contributed by atoms with Crippen LogP contribution in [0.3, 0.4) is 0 Å². The quantitative estimate of drug-likeness (QED) is 0.568. The Morgan fingerprint density at radius 1 is 1.44 bits per heavy atom. The highest BCUT2D eigenvalue weighted by Gasteiger charge is 2.35. The van der Waals surface area contributed by atoms with Crippen molar-refractivity contribution in [2.75, 3.05) is 18.6 Å². The molecule has 0 saturated carbocycles. The van der Waals surface area contributed by atoms with Gasteiger partial charge in [0.05, 0.1) is 18.4 Å². The molecule has 0 radical (unpaired) electrons. The van der Waals surface area contributed by atoms with E-state index in [1.165, 1.54) is 12.0 Å². The monoisotopic (exact) mass is 217 g/mol. The molecule has 1 aliphatic rings. The Morgan fingerprint density at radius 3 is 2.81 bits per heavy atom. The topological polar surface area (TPSA) is 46.6 Å². The molecule has 16 heavy (non-hydrogen) atoms. The van der Waals surface area contributed by atoms with E-state index in [1.54, 1.807) is 24.3 Å². The van der Waals surface area contributed by atoms with Crippen molar-refractivity contribution in [1.29, 1.82) is 0 Å². The Bertz CT molecular complexity index is 479. The summed E-state index contributed by atoms with van der Waals surface area (Å²) in [6.07, 6.45) is 1.58. The van der Waals surface area contributed by atoms with E-state index in [2.05, 4.69) is 6.58 Å². The van der Waals surface area contributed by atoms with Gasteiger partial charge in [-0.15, -0.1) is 6.58 Å². The maximum Gasteiger partial charge on any atom is 0.299 e. The van der Waals surface area contributed by atoms with Gasteiger partial charge in [-0.3, -0.25) is 9.59 Å². The first-order valence-electron chi connectivity index (χ1n) is 4.84. The molecule has 0 spiro atoms. The van der Waals surface area contributed by atoms with Crippen LogP contribution in [-0.4, -0.2) is 25.3 Å². The zero-order valence-electron chi connectivity index (χ0n) is 8.90. The summed E-state index contributed by atoms with van der Waals surface area (Å²) in [6.45, 7) is 3.89. The molecule has 1 aliphatic heterocycles. The van der Waals surface area contributed by atoms with E-state index in [9.17, 15) is 9.59 Å². The van der Waals surface area contributed by atoms with Gasteiger partial charge in [-0.25, -0.2) is 0 Å². The maximum atomic E-state index is 11.6. The van der Waals surface area contributed by atoms with Crippen LogP contribution in [0.25, 0.3) is 0 Å². The summed E-state index contributed by atoms with van der Waals surface area (Å²) >= 11 is 0. The van der Waals surface area contributed by atoms with Gasteiger partial charge < -0.3 is 9.64 Å². The van der Waals surface area contributed by atoms with E-state index >= 15 is 0 Å². The van der Waals surface area contributed by atoms with Crippen molar-refractivity contribution in [3.8, 4) is 5.75 Å². The number of amides is 1. The summed E-state index contributed by atoms with van der Waals surface area (Å²) in [5.41, 5.74) is 1.02. The summed E-state index contributed by atoms with van der Waals surface area (Å²) in [6, 6.07) is 4.96. The van der Waals surface area contributed by atoms with E-state index in [-0.39, 0.29) is 0 Å². The number of ketones is 1. The second-order valence-electron chi connectivity index (χ2n) is 3.42. The zero-order valence-corrected chi connectivity index (χ0v) is 8.90. The number of hydrogen-bond acceptors (Lipinski definition) is 3. The van der Waals surface area contributed by atoms with Crippen LogP contribution >= 0.6 is 0 Å². The van der Waals surface area contributed by atoms with Gasteiger partial charge >= 0.3 is 0 Å². The molecule has 0 atom stereocenters. The average molecular weight is 217 g/mol. The van der Waals surface area contributed by atoms with Crippen molar-refractivity contribution in [2.24, 2.45) is 0 Å². The second kappa shape index (κ2) is 3.81. The lowest BCUT2D eigenvalue weighted by atomic mass is 10.1. The number of anilines is 1. The Labute approximate surface area is 93.1 Å². The van der Waals surface area contributed by atoms with Crippen LogP contribution < -0.4 is 9.64 Å². The number of rotatable bonds is 3. The van der Waals surface area contributed by atoms with Crippen LogP contribution in [0, 0.1) is 0 Å². The van der Waals surface area contributed by atoms with Crippen LogP contribution in [0.4, 0.5) is 5.69 Å². The molecule has 1 aromatic carbocycles. The number of methoxy groups -OCH3 is 1. The standard InChI is InChI=1S/C12H11NO3/c1-3-6-13-10-7-8(16-2)4-5-9(10)11(14)12(13)15/h3-5,7H,1,6H2,2H3. The van der Waals surface area contributed by atoms with Gasteiger partial charge in [0.2, 0.25) is 0 Å². The minimum atomic E-state index is -0.511. The molecule has 0 fully saturated rings. The van der Waals surface area contributed by atoms with Gasteiger partial charge in [0.1, 0.15) is 5.75 Å². The third kappa shape index (κ3) is 1.39. The lowest BCUT2D eigenvalue weighted by Gasteiger charge is -2.14. The Kier molecular flexibility index (Phi) is 2.48. The highest BCUT2D eigenvalue weighted by Crippen LogP contribution is 2.32. The fourth-order valence-electron chi connectivity index (χ4n) is 1.71. The van der Waals surface area contributed by atoms with Crippen molar-refractivity contribution in [2.45, 2.75) is 0 Å². The number of Topliss-reactive ketones (excluding diaryl/α,β-unsaturated/α-hetero) is 1. The Morgan fingerprint density at radius 2 is 2.19 bits per heavy atom. The molecule has 0 unspecified atom stereocenters. The smallest absolute Gasteiger partial charge is 0.299 e. The molecule has 1 aromatic rings. The first-order valence-corrected chi connectivity index (χ1v) is 4.84. The van der Waals surface area contributed by atoms with Gasteiger partial charge in [0.15, 0.2) is 0 Å². The lowest BCUT2D eigenvalue weighted by molar-refractivity contribution is -0.114. The van der Waals surface area contributed by atoms with Crippen molar-refractivity contribution >= 4 is 17.4 Å². The van der Waals surface area contributed by atoms with Crippen molar-refractivity contribution < 1.29 is 14.3 Å². The van der Waals surface area contributed by atoms with Gasteiger partial charge in [-0.1, -0.05) is 6.08 Å². The first kappa shape index (κ1) is 10.4. The van der Waals surface area contributed by atoms with Crippen LogP contribution in [0.15, 0.2) is 30.9 Å². The van der Waals surface area contributed by atoms with Crippen LogP contribution in [0.1, 0.15) is 10.4 Å². The molecule has 0 aromatic heterocycles. The summed E-state index contributed by atoms with van der Waals surface area (Å²) in [4.78, 5) is 24.7. The predicted molar refractivity (Wildman–Crippen MR) is 59.9 cm³/mol. The number of benzene rings is 1. The minimum Gasteiger partial charge on any atom is -0.497 e. The molecular formula is C12H11NO3. The van der Waals surface area contributed by atoms with Crippen molar-refractivity contribution in [1.82, 2.24) is 0 Å². The number of carbonyl (C=O) groups is 2. The molecule has 0 N–H and O–H groups in total. The average Bonchev–Trinajstić information content (AvgIpc) is 2.54. The maximum absolute atomic E-state index is 11.6. The fourth-order valence-corrected chi connectivity index (χ4v) is 1.71. The van der Waals surface area contributed by atoms with E-state index in [1.807, 2.05) is 0 Å². The van der Waals surface area contributed by atoms with Gasteiger partial charge in [0, 0.05) is 12.6 Å². The fraction of sp³-hybridized carbons (Fsp3) is 0.167. The highest BCUT2D eigenvalue weighted by atomic mass is 16.5. The first-order chi connectivity index (χ1) is 7.69. The number of hydrogen-bond donors (Lipinski definition) is 0. The SMILES string of the molecule is C=CCN1C(=O)C(=O)c2ccc(OC)cc21. The molecule has 0 bridgehead atoms. The number of fused-ring (bicyclic) bond motifs is 1. The third-order valence-corrected chi connectivity index (χ3v) is 2.49. The number of ether oxygens (including phenoxy) is 1. The van der Waals surface area contributed by atoms with Gasteiger partial charge in [0.25, 0.3) is 11.7 Å². The van der Waals surface area contributed by atoms with Crippen LogP contribution in [0.5, 0.6) is 5.75 Å². The van der Waals surface area contributed by atoms with E-state index in [0.29, 0.717) is 23.5 Å². The summed E-state index contributed by atoms with van der Waals surface area (Å²) in [5.74, 6) is -0.363. The molecule has 0 aliphatic carbocycles. The summed E-state index contributed by atoms with van der Waals surface area (Å²) < 4.78 is 5.06. The molecule has 0 saturated heterocycles. The van der Waals surface area contributed by atoms with Crippen LogP contribution in [0.2, 0.25) is 0 Å². The molecule has 4 nitrogen and oxygen atoms in total. The summed E-state index contributed by atoms with van der Waals surface area (Å²) in [7, 11) is 1.54. The van der Waals surface area contributed by atoms with E-state index in [4.69, 9.17) is 4.74 Å². The van der Waals surface area contributed by atoms with Gasteiger partial charge in [-0.2, -0.15) is 0 Å². The predicted octanol–water partition coefficient (Wildman–Crippen LogP) is 1.41. The summed E-state index contributed by atoms with van der Waals surface area (Å²) in [5, 5.41) is 0. The largest absolute Gasteiger partial charge is 0.497 e. The Balaban J connectivity index is 2.52. The highest BCUT2D eigenvalue weighted by molar-refractivity contribution is 6.52. The minimum absolute atomic E-state index is 0.324. The molecule has 2 rings (SSSR count). The molecule has 4 heteroatoms. The molecule has 1 amide bonds. The lowest BCUT2D eigenvalue weighted by Crippen LogP contribution is -2.29.